The Balaban J connectivity index is 2.93. The molecule has 3 N–H and O–H groups in total. The first-order chi connectivity index (χ1) is 7.80. The zero-order chi connectivity index (χ0) is 13.1. The van der Waals surface area contributed by atoms with E-state index >= 15 is 0 Å². The maximum atomic E-state index is 10.3. The SMILES string of the molecule is CC(C)(C)C(=NOCC(=O)O)c1csc(N)n1. The van der Waals surface area contributed by atoms with Gasteiger partial charge < -0.3 is 15.7 Å². The van der Waals surface area contributed by atoms with Crippen LogP contribution in [-0.2, 0) is 9.63 Å². The summed E-state index contributed by atoms with van der Waals surface area (Å²) in [5, 5.41) is 14.5. The monoisotopic (exact) mass is 257 g/mol. The molecule has 7 heteroatoms. The summed E-state index contributed by atoms with van der Waals surface area (Å²) in [7, 11) is 0. The standard InChI is InChI=1S/C10H15N3O3S/c1-10(2,3)8(13-16-4-7(14)15)6-5-17-9(11)12-6/h5H,4H2,1-3H3,(H2,11,12)(H,14,15). The molecule has 0 aliphatic rings. The summed E-state index contributed by atoms with van der Waals surface area (Å²) in [4.78, 5) is 19.2. The molecule has 0 saturated heterocycles. The van der Waals surface area contributed by atoms with E-state index in [9.17, 15) is 4.79 Å². The topological polar surface area (TPSA) is 97.8 Å². The number of hydrogen-bond acceptors (Lipinski definition) is 6. The number of hydrogen-bond donors (Lipinski definition) is 2. The fraction of sp³-hybridized carbons (Fsp3) is 0.500. The largest absolute Gasteiger partial charge is 0.479 e. The predicted octanol–water partition coefficient (Wildman–Crippen LogP) is 1.58. The van der Waals surface area contributed by atoms with Gasteiger partial charge in [0.1, 0.15) is 11.4 Å². The summed E-state index contributed by atoms with van der Waals surface area (Å²) in [6, 6.07) is 0. The van der Waals surface area contributed by atoms with Crippen LogP contribution in [0, 0.1) is 5.41 Å². The van der Waals surface area contributed by atoms with Gasteiger partial charge in [-0.15, -0.1) is 11.3 Å². The minimum atomic E-state index is -1.07. The van der Waals surface area contributed by atoms with Crippen LogP contribution in [0.1, 0.15) is 26.5 Å². The van der Waals surface area contributed by atoms with Gasteiger partial charge in [0, 0.05) is 10.8 Å². The third-order valence-corrected chi connectivity index (χ3v) is 2.49. The molecule has 1 aromatic rings. The van der Waals surface area contributed by atoms with Crippen molar-refractivity contribution in [3.8, 4) is 0 Å². The van der Waals surface area contributed by atoms with E-state index in [-0.39, 0.29) is 5.41 Å². The van der Waals surface area contributed by atoms with Crippen molar-refractivity contribution in [1.29, 1.82) is 0 Å². The van der Waals surface area contributed by atoms with E-state index in [4.69, 9.17) is 15.7 Å². The molecule has 0 amide bonds. The Labute approximate surface area is 103 Å². The Bertz CT molecular complexity index is 434. The molecule has 1 rings (SSSR count). The second-order valence-corrected chi connectivity index (χ2v) is 5.32. The number of anilines is 1. The lowest BCUT2D eigenvalue weighted by molar-refractivity contribution is -0.142. The van der Waals surface area contributed by atoms with Gasteiger partial charge in [-0.25, -0.2) is 9.78 Å². The van der Waals surface area contributed by atoms with E-state index in [1.807, 2.05) is 20.8 Å². The number of carbonyl (C=O) groups is 1. The van der Waals surface area contributed by atoms with E-state index < -0.39 is 12.6 Å². The second-order valence-electron chi connectivity index (χ2n) is 4.43. The van der Waals surface area contributed by atoms with E-state index in [2.05, 4.69) is 10.1 Å². The summed E-state index contributed by atoms with van der Waals surface area (Å²) in [5.41, 5.74) is 6.44. The molecular weight excluding hydrogens is 242 g/mol. The van der Waals surface area contributed by atoms with Crippen molar-refractivity contribution < 1.29 is 14.7 Å². The van der Waals surface area contributed by atoms with Crippen LogP contribution in [0.25, 0.3) is 0 Å². The average Bonchev–Trinajstić information content (AvgIpc) is 2.56. The Kier molecular flexibility index (Phi) is 4.06. The lowest BCUT2D eigenvalue weighted by Crippen LogP contribution is -2.23. The highest BCUT2D eigenvalue weighted by atomic mass is 32.1. The zero-order valence-electron chi connectivity index (χ0n) is 9.93. The van der Waals surface area contributed by atoms with Crippen molar-refractivity contribution in [2.45, 2.75) is 20.8 Å². The van der Waals surface area contributed by atoms with E-state index in [0.29, 0.717) is 16.5 Å². The molecule has 1 heterocycles. The Morgan fingerprint density at radius 1 is 1.65 bits per heavy atom. The first-order valence-corrected chi connectivity index (χ1v) is 5.82. The number of nitrogen functional groups attached to an aromatic ring is 1. The van der Waals surface area contributed by atoms with Gasteiger partial charge in [0.15, 0.2) is 5.13 Å². The summed E-state index contributed by atoms with van der Waals surface area (Å²) in [6.07, 6.45) is 0. The molecule has 0 spiro atoms. The summed E-state index contributed by atoms with van der Waals surface area (Å²) in [6.45, 7) is 5.34. The highest BCUT2D eigenvalue weighted by molar-refractivity contribution is 7.13. The quantitative estimate of drug-likeness (QED) is 0.630. The molecule has 6 nitrogen and oxygen atoms in total. The predicted molar refractivity (Wildman–Crippen MR) is 66.1 cm³/mol. The molecule has 0 unspecified atom stereocenters. The zero-order valence-corrected chi connectivity index (χ0v) is 10.7. The summed E-state index contributed by atoms with van der Waals surface area (Å²) in [5.74, 6) is -1.07. The van der Waals surface area contributed by atoms with Gasteiger partial charge in [-0.05, 0) is 0 Å². The van der Waals surface area contributed by atoms with Crippen LogP contribution >= 0.6 is 11.3 Å². The number of carboxylic acid groups (broad SMARTS) is 1. The molecule has 0 aliphatic carbocycles. The van der Waals surface area contributed by atoms with Crippen molar-refractivity contribution in [2.75, 3.05) is 12.3 Å². The third kappa shape index (κ3) is 4.03. The van der Waals surface area contributed by atoms with Crippen molar-refractivity contribution >= 4 is 28.1 Å². The maximum absolute atomic E-state index is 10.3. The molecule has 0 aromatic carbocycles. The lowest BCUT2D eigenvalue weighted by atomic mass is 9.88. The Hall–Kier alpha value is -1.63. The minimum absolute atomic E-state index is 0.307. The molecule has 0 saturated carbocycles. The van der Waals surface area contributed by atoms with Crippen molar-refractivity contribution in [1.82, 2.24) is 4.98 Å². The van der Waals surface area contributed by atoms with Gasteiger partial charge in [0.05, 0.1) is 0 Å². The smallest absolute Gasteiger partial charge is 0.344 e. The normalized spacial score (nSPS) is 12.5. The van der Waals surface area contributed by atoms with Crippen molar-refractivity contribution in [2.24, 2.45) is 10.6 Å². The van der Waals surface area contributed by atoms with Gasteiger partial charge in [-0.2, -0.15) is 0 Å². The molecule has 94 valence electrons. The number of nitrogens with zero attached hydrogens (tertiary/aromatic N) is 2. The van der Waals surface area contributed by atoms with Crippen molar-refractivity contribution in [3.05, 3.63) is 11.1 Å². The van der Waals surface area contributed by atoms with Gasteiger partial charge in [0.2, 0.25) is 6.61 Å². The molecule has 0 fully saturated rings. The molecular formula is C10H15N3O3S. The van der Waals surface area contributed by atoms with E-state index in [0.717, 1.165) is 0 Å². The number of thiazole rings is 1. The second kappa shape index (κ2) is 5.13. The molecule has 0 bridgehead atoms. The first-order valence-electron chi connectivity index (χ1n) is 4.94. The first kappa shape index (κ1) is 13.4. The van der Waals surface area contributed by atoms with Crippen LogP contribution in [0.15, 0.2) is 10.5 Å². The van der Waals surface area contributed by atoms with Crippen LogP contribution in [-0.4, -0.2) is 28.4 Å². The molecule has 1 aromatic heterocycles. The van der Waals surface area contributed by atoms with Crippen molar-refractivity contribution in [3.63, 3.8) is 0 Å². The Morgan fingerprint density at radius 3 is 2.71 bits per heavy atom. The number of aromatic nitrogens is 1. The number of nitrogens with two attached hydrogens (primary N) is 1. The van der Waals surface area contributed by atoms with Gasteiger partial charge >= 0.3 is 5.97 Å². The molecule has 17 heavy (non-hydrogen) atoms. The van der Waals surface area contributed by atoms with E-state index in [1.54, 1.807) is 5.38 Å². The van der Waals surface area contributed by atoms with Crippen LogP contribution in [0.4, 0.5) is 5.13 Å². The maximum Gasteiger partial charge on any atom is 0.344 e. The molecule has 0 radical (unpaired) electrons. The fourth-order valence-electron chi connectivity index (χ4n) is 1.12. The number of oxime groups is 1. The Morgan fingerprint density at radius 2 is 2.29 bits per heavy atom. The highest BCUT2D eigenvalue weighted by Gasteiger charge is 2.24. The highest BCUT2D eigenvalue weighted by Crippen LogP contribution is 2.24. The summed E-state index contributed by atoms with van der Waals surface area (Å²) >= 11 is 1.30. The minimum Gasteiger partial charge on any atom is -0.479 e. The molecule has 0 atom stereocenters. The lowest BCUT2D eigenvalue weighted by Gasteiger charge is -2.18. The number of rotatable bonds is 4. The fourth-order valence-corrected chi connectivity index (χ4v) is 1.66. The number of carboxylic acids is 1. The van der Waals surface area contributed by atoms with Gasteiger partial charge in [-0.3, -0.25) is 0 Å². The average molecular weight is 257 g/mol. The van der Waals surface area contributed by atoms with Crippen LogP contribution in [0.5, 0.6) is 0 Å². The van der Waals surface area contributed by atoms with Crippen LogP contribution in [0.2, 0.25) is 0 Å². The summed E-state index contributed by atoms with van der Waals surface area (Å²) < 4.78 is 0. The van der Waals surface area contributed by atoms with E-state index in [1.165, 1.54) is 11.3 Å². The third-order valence-electron chi connectivity index (χ3n) is 1.82. The van der Waals surface area contributed by atoms with Gasteiger partial charge in [-0.1, -0.05) is 25.9 Å². The number of aliphatic carboxylic acids is 1. The van der Waals surface area contributed by atoms with Gasteiger partial charge in [0.25, 0.3) is 0 Å². The van der Waals surface area contributed by atoms with Crippen LogP contribution < -0.4 is 5.73 Å². The van der Waals surface area contributed by atoms with Crippen LogP contribution in [0.3, 0.4) is 0 Å². The molecule has 0 aliphatic heterocycles.